The summed E-state index contributed by atoms with van der Waals surface area (Å²) in [4.78, 5) is 1.59. The van der Waals surface area contributed by atoms with E-state index in [0.29, 0.717) is 12.5 Å². The predicted octanol–water partition coefficient (Wildman–Crippen LogP) is 2.30. The Hall–Kier alpha value is -1.85. The molecular formula is C13H17F2N3O. The fraction of sp³-hybridized carbons (Fsp3) is 0.462. The third-order valence-electron chi connectivity index (χ3n) is 3.56. The number of halogens is 2. The molecule has 6 heteroatoms. The largest absolute Gasteiger partial charge is 0.409 e. The van der Waals surface area contributed by atoms with E-state index in [9.17, 15) is 8.78 Å². The molecule has 1 fully saturated rings. The summed E-state index contributed by atoms with van der Waals surface area (Å²) in [5.41, 5.74) is 5.28. The number of amidine groups is 1. The minimum absolute atomic E-state index is 0.0262. The first-order valence-corrected chi connectivity index (χ1v) is 6.21. The Balaban J connectivity index is 2.25. The third-order valence-corrected chi connectivity index (χ3v) is 3.56. The van der Waals surface area contributed by atoms with Gasteiger partial charge in [0.1, 0.15) is 17.3 Å². The summed E-state index contributed by atoms with van der Waals surface area (Å²) in [5.74, 6) is -1.22. The lowest BCUT2D eigenvalue weighted by molar-refractivity contribution is 0.318. The van der Waals surface area contributed by atoms with Crippen molar-refractivity contribution in [2.24, 2.45) is 16.8 Å². The monoisotopic (exact) mass is 269 g/mol. The Labute approximate surface area is 110 Å². The Morgan fingerprint density at radius 2 is 2.00 bits per heavy atom. The van der Waals surface area contributed by atoms with Crippen molar-refractivity contribution in [1.82, 2.24) is 0 Å². The number of nitrogens with two attached hydrogens (primary N) is 1. The molecule has 19 heavy (non-hydrogen) atoms. The zero-order valence-electron chi connectivity index (χ0n) is 10.7. The summed E-state index contributed by atoms with van der Waals surface area (Å²) in [6.45, 7) is 0.636. The van der Waals surface area contributed by atoms with Crippen LogP contribution in [0.25, 0.3) is 0 Å². The molecule has 0 saturated heterocycles. The molecule has 104 valence electrons. The molecule has 0 bridgehead atoms. The van der Waals surface area contributed by atoms with Gasteiger partial charge in [-0.2, -0.15) is 0 Å². The van der Waals surface area contributed by atoms with Crippen LogP contribution in [0.4, 0.5) is 14.5 Å². The van der Waals surface area contributed by atoms with Crippen molar-refractivity contribution >= 4 is 11.5 Å². The van der Waals surface area contributed by atoms with Crippen molar-refractivity contribution in [1.29, 1.82) is 0 Å². The van der Waals surface area contributed by atoms with Gasteiger partial charge in [0.05, 0.1) is 0 Å². The standard InChI is InChI=1S/C13H17F2N3O/c1-18(7-8-3-2-4-8)12-10(14)5-9(6-11(12)15)13(16)17-19/h5-6,8,19H,2-4,7H2,1H3,(H2,16,17). The van der Waals surface area contributed by atoms with E-state index in [0.717, 1.165) is 25.0 Å². The van der Waals surface area contributed by atoms with Crippen LogP contribution in [0.15, 0.2) is 17.3 Å². The maximum atomic E-state index is 14.0. The highest BCUT2D eigenvalue weighted by atomic mass is 19.1. The van der Waals surface area contributed by atoms with Crippen molar-refractivity contribution in [3.8, 4) is 0 Å². The fourth-order valence-corrected chi connectivity index (χ4v) is 2.29. The lowest BCUT2D eigenvalue weighted by Crippen LogP contribution is -2.30. The van der Waals surface area contributed by atoms with Gasteiger partial charge in [0, 0.05) is 19.2 Å². The van der Waals surface area contributed by atoms with E-state index in [1.54, 1.807) is 11.9 Å². The average molecular weight is 269 g/mol. The molecule has 0 heterocycles. The second-order valence-corrected chi connectivity index (χ2v) is 4.95. The summed E-state index contributed by atoms with van der Waals surface area (Å²) in [6.07, 6.45) is 3.40. The average Bonchev–Trinajstić information content (AvgIpc) is 2.31. The number of hydrogen-bond donors (Lipinski definition) is 2. The van der Waals surface area contributed by atoms with Crippen LogP contribution in [0.2, 0.25) is 0 Å². The number of anilines is 1. The highest BCUT2D eigenvalue weighted by Crippen LogP contribution is 2.30. The number of rotatable bonds is 4. The summed E-state index contributed by atoms with van der Waals surface area (Å²) in [6, 6.07) is 2.15. The molecule has 2 rings (SSSR count). The third kappa shape index (κ3) is 2.77. The zero-order chi connectivity index (χ0) is 14.0. The first-order valence-electron chi connectivity index (χ1n) is 6.21. The van der Waals surface area contributed by atoms with Gasteiger partial charge in [-0.1, -0.05) is 11.6 Å². The molecule has 3 N–H and O–H groups in total. The van der Waals surface area contributed by atoms with Crippen molar-refractivity contribution in [2.45, 2.75) is 19.3 Å². The van der Waals surface area contributed by atoms with Crippen molar-refractivity contribution in [3.63, 3.8) is 0 Å². The summed E-state index contributed by atoms with van der Waals surface area (Å²) < 4.78 is 27.9. The van der Waals surface area contributed by atoms with Crippen LogP contribution in [0, 0.1) is 17.6 Å². The van der Waals surface area contributed by atoms with Gasteiger partial charge in [0.25, 0.3) is 0 Å². The number of oxime groups is 1. The molecule has 1 aliphatic rings. The van der Waals surface area contributed by atoms with Gasteiger partial charge in [0.15, 0.2) is 5.84 Å². The second-order valence-electron chi connectivity index (χ2n) is 4.95. The second kappa shape index (κ2) is 5.42. The smallest absolute Gasteiger partial charge is 0.170 e. The van der Waals surface area contributed by atoms with Crippen LogP contribution in [-0.4, -0.2) is 24.6 Å². The molecule has 0 atom stereocenters. The van der Waals surface area contributed by atoms with Crippen LogP contribution < -0.4 is 10.6 Å². The maximum absolute atomic E-state index is 14.0. The number of benzene rings is 1. The van der Waals surface area contributed by atoms with E-state index in [4.69, 9.17) is 10.9 Å². The highest BCUT2D eigenvalue weighted by Gasteiger charge is 2.23. The molecule has 0 aromatic heterocycles. The molecule has 1 saturated carbocycles. The summed E-state index contributed by atoms with van der Waals surface area (Å²) in [7, 11) is 1.67. The van der Waals surface area contributed by atoms with E-state index in [-0.39, 0.29) is 17.1 Å². The summed E-state index contributed by atoms with van der Waals surface area (Å²) >= 11 is 0. The molecule has 0 aliphatic heterocycles. The lowest BCUT2D eigenvalue weighted by Gasteiger charge is -2.31. The van der Waals surface area contributed by atoms with E-state index in [1.807, 2.05) is 0 Å². The Bertz CT molecular complexity index is 478. The van der Waals surface area contributed by atoms with Gasteiger partial charge in [-0.05, 0) is 30.9 Å². The Kier molecular flexibility index (Phi) is 3.87. The Morgan fingerprint density at radius 1 is 1.42 bits per heavy atom. The molecule has 4 nitrogen and oxygen atoms in total. The predicted molar refractivity (Wildman–Crippen MR) is 69.5 cm³/mol. The first-order chi connectivity index (χ1) is 9.02. The van der Waals surface area contributed by atoms with Gasteiger partial charge in [-0.3, -0.25) is 0 Å². The molecule has 0 amide bonds. The highest BCUT2D eigenvalue weighted by molar-refractivity contribution is 5.97. The molecular weight excluding hydrogens is 252 g/mol. The van der Waals surface area contributed by atoms with E-state index < -0.39 is 11.6 Å². The topological polar surface area (TPSA) is 61.8 Å². The molecule has 1 aromatic carbocycles. The van der Waals surface area contributed by atoms with Gasteiger partial charge in [-0.25, -0.2) is 8.78 Å². The minimum atomic E-state index is -0.705. The van der Waals surface area contributed by atoms with Crippen molar-refractivity contribution in [2.75, 3.05) is 18.5 Å². The maximum Gasteiger partial charge on any atom is 0.170 e. The van der Waals surface area contributed by atoms with Gasteiger partial charge in [-0.15, -0.1) is 0 Å². The van der Waals surface area contributed by atoms with Crippen LogP contribution >= 0.6 is 0 Å². The molecule has 1 aromatic rings. The Morgan fingerprint density at radius 3 is 2.42 bits per heavy atom. The SMILES string of the molecule is CN(CC1CCC1)c1c(F)cc(C(N)=NO)cc1F. The molecule has 1 aliphatic carbocycles. The van der Waals surface area contributed by atoms with Crippen LogP contribution in [-0.2, 0) is 0 Å². The van der Waals surface area contributed by atoms with Crippen molar-refractivity contribution < 1.29 is 14.0 Å². The zero-order valence-corrected chi connectivity index (χ0v) is 10.7. The van der Waals surface area contributed by atoms with Crippen molar-refractivity contribution in [3.05, 3.63) is 29.3 Å². The molecule has 0 radical (unpaired) electrons. The quantitative estimate of drug-likeness (QED) is 0.381. The number of hydrogen-bond acceptors (Lipinski definition) is 3. The molecule has 0 unspecified atom stereocenters. The van der Waals surface area contributed by atoms with E-state index >= 15 is 0 Å². The number of nitrogens with zero attached hydrogens (tertiary/aromatic N) is 2. The van der Waals surface area contributed by atoms with Gasteiger partial charge in [0.2, 0.25) is 0 Å². The first kappa shape index (κ1) is 13.6. The summed E-state index contributed by atoms with van der Waals surface area (Å²) in [5, 5.41) is 11.2. The lowest BCUT2D eigenvalue weighted by atomic mass is 9.85. The van der Waals surface area contributed by atoms with E-state index in [2.05, 4.69) is 5.16 Å². The van der Waals surface area contributed by atoms with Crippen LogP contribution in [0.5, 0.6) is 0 Å². The van der Waals surface area contributed by atoms with Crippen LogP contribution in [0.1, 0.15) is 24.8 Å². The van der Waals surface area contributed by atoms with Gasteiger partial charge >= 0.3 is 0 Å². The molecule has 0 spiro atoms. The van der Waals surface area contributed by atoms with E-state index in [1.165, 1.54) is 6.42 Å². The fourth-order valence-electron chi connectivity index (χ4n) is 2.29. The minimum Gasteiger partial charge on any atom is -0.409 e. The van der Waals surface area contributed by atoms with Crippen LogP contribution in [0.3, 0.4) is 0 Å². The normalized spacial score (nSPS) is 16.3. The van der Waals surface area contributed by atoms with Gasteiger partial charge < -0.3 is 15.8 Å².